The highest BCUT2D eigenvalue weighted by molar-refractivity contribution is 6.30. The summed E-state index contributed by atoms with van der Waals surface area (Å²) in [5.41, 5.74) is 7.33. The number of rotatable bonds is 46. The highest BCUT2D eigenvalue weighted by Crippen LogP contribution is 2.23. The zero-order valence-corrected chi connectivity index (χ0v) is 66.0. The van der Waals surface area contributed by atoms with Gasteiger partial charge in [-0.2, -0.15) is 0 Å². The molecule has 10 atom stereocenters. The minimum Gasteiger partial charge on any atom is -0.394 e. The topological polar surface area (TPSA) is 467 Å². The number of amides is 13. The molecule has 0 saturated carbocycles. The first-order valence-corrected chi connectivity index (χ1v) is 39.0. The van der Waals surface area contributed by atoms with Gasteiger partial charge in [-0.1, -0.05) is 106 Å². The number of nitrogens with one attached hydrogen (secondary N) is 12. The first kappa shape index (κ1) is 89.8. The second-order valence-corrected chi connectivity index (χ2v) is 29.4. The van der Waals surface area contributed by atoms with E-state index in [1.54, 1.807) is 48.5 Å². The van der Waals surface area contributed by atoms with Gasteiger partial charge in [0.1, 0.15) is 71.8 Å². The van der Waals surface area contributed by atoms with Gasteiger partial charge in [-0.05, 0) is 154 Å². The minimum atomic E-state index is -1.84. The van der Waals surface area contributed by atoms with Crippen LogP contribution < -0.4 is 69.5 Å². The maximum Gasteiger partial charge on any atom is 0.271 e. The van der Waals surface area contributed by atoms with Crippen LogP contribution in [0.3, 0.4) is 0 Å². The third-order valence-corrected chi connectivity index (χ3v) is 19.2. The third kappa shape index (κ3) is 29.9. The van der Waals surface area contributed by atoms with Crippen LogP contribution in [0.15, 0.2) is 134 Å². The fourth-order valence-electron chi connectivity index (χ4n) is 12.9. The number of aliphatic hydroxyl groups is 1. The number of primary amides is 1. The van der Waals surface area contributed by atoms with Crippen LogP contribution >= 0.6 is 11.6 Å². The molecule has 1 aliphatic rings. The van der Waals surface area contributed by atoms with E-state index in [4.69, 9.17) is 17.3 Å². The van der Waals surface area contributed by atoms with Crippen LogP contribution in [0.25, 0.3) is 10.8 Å². The third-order valence-electron chi connectivity index (χ3n) is 19.0. The summed E-state index contributed by atoms with van der Waals surface area (Å²) in [5, 5.41) is 46.6. The number of likely N-dealkylation sites (tertiary alicyclic amines) is 1. The van der Waals surface area contributed by atoms with Gasteiger partial charge in [0.15, 0.2) is 0 Å². The molecule has 13 amide bonds. The molecule has 1 saturated heterocycles. The summed E-state index contributed by atoms with van der Waals surface area (Å²) in [5.74, 6) is -9.97. The van der Waals surface area contributed by atoms with Gasteiger partial charge in [0.25, 0.3) is 11.8 Å². The van der Waals surface area contributed by atoms with Crippen LogP contribution in [0.5, 0.6) is 0 Å². The lowest BCUT2D eigenvalue weighted by Gasteiger charge is -2.31. The van der Waals surface area contributed by atoms with Gasteiger partial charge >= 0.3 is 0 Å². The summed E-state index contributed by atoms with van der Waals surface area (Å²) in [4.78, 5) is 201. The van der Waals surface area contributed by atoms with Crippen LogP contribution in [-0.2, 0) is 72.0 Å². The molecule has 0 aliphatic carbocycles. The molecule has 612 valence electrons. The number of fused-ring (bicyclic) bond motifs is 1. The van der Waals surface area contributed by atoms with Gasteiger partial charge in [0, 0.05) is 87.9 Å². The van der Waals surface area contributed by atoms with Gasteiger partial charge in [0.05, 0.1) is 12.8 Å². The Morgan fingerprint density at radius 3 is 1.57 bits per heavy atom. The minimum absolute atomic E-state index is 0.0255. The zero-order valence-electron chi connectivity index (χ0n) is 65.2. The summed E-state index contributed by atoms with van der Waals surface area (Å²) in [6.45, 7) is 10.1. The summed E-state index contributed by atoms with van der Waals surface area (Å²) in [6.07, 6.45) is 10.4. The number of aromatic nitrogens is 4. The molecule has 0 bridgehead atoms. The van der Waals surface area contributed by atoms with E-state index in [1.165, 1.54) is 62.0 Å². The normalized spacial score (nSPS) is 14.9. The van der Waals surface area contributed by atoms with Crippen molar-refractivity contribution in [3.05, 3.63) is 167 Å². The van der Waals surface area contributed by atoms with Gasteiger partial charge in [-0.15, -0.1) is 0 Å². The van der Waals surface area contributed by atoms with Gasteiger partial charge < -0.3 is 79.5 Å². The number of nitrogens with two attached hydrogens (primary N) is 1. The Morgan fingerprint density at radius 2 is 1.00 bits per heavy atom. The van der Waals surface area contributed by atoms with E-state index < -0.39 is 144 Å². The number of halogens is 1. The number of carbonyl (C=O) groups is 13. The van der Waals surface area contributed by atoms with E-state index in [9.17, 15) is 57.8 Å². The van der Waals surface area contributed by atoms with Crippen molar-refractivity contribution in [3.63, 3.8) is 0 Å². The van der Waals surface area contributed by atoms with E-state index in [0.29, 0.717) is 47.5 Å². The van der Waals surface area contributed by atoms with Crippen molar-refractivity contribution >= 4 is 99.2 Å². The number of hydrogen-bond donors (Lipinski definition) is 14. The predicted octanol–water partition coefficient (Wildman–Crippen LogP) is 2.39. The van der Waals surface area contributed by atoms with E-state index in [0.717, 1.165) is 10.8 Å². The number of hydrogen-bond acceptors (Lipinski definition) is 19. The molecule has 32 nitrogen and oxygen atoms in total. The Morgan fingerprint density at radius 1 is 0.491 bits per heavy atom. The number of nitrogens with zero attached hydrogens (tertiary/aromatic N) is 5. The van der Waals surface area contributed by atoms with Gasteiger partial charge in [0.2, 0.25) is 65.0 Å². The molecule has 3 aromatic carbocycles. The maximum atomic E-state index is 15.2. The Balaban J connectivity index is 1.15. The van der Waals surface area contributed by atoms with Gasteiger partial charge in [-0.3, -0.25) is 77.3 Å². The van der Waals surface area contributed by atoms with Crippen molar-refractivity contribution in [1.29, 1.82) is 0 Å². The molecule has 114 heavy (non-hydrogen) atoms. The Kier molecular flexibility index (Phi) is 36.7. The van der Waals surface area contributed by atoms with E-state index in [-0.39, 0.29) is 120 Å². The number of unbranched alkanes of at least 4 members (excludes halogenated alkanes) is 3. The summed E-state index contributed by atoms with van der Waals surface area (Å²) in [7, 11) is 0. The molecule has 7 rings (SSSR count). The number of carbonyl (C=O) groups excluding carboxylic acids is 13. The molecule has 4 heterocycles. The predicted molar refractivity (Wildman–Crippen MR) is 426 cm³/mol. The van der Waals surface area contributed by atoms with E-state index in [2.05, 4.69) is 83.7 Å². The van der Waals surface area contributed by atoms with E-state index in [1.807, 2.05) is 70.2 Å². The quantitative estimate of drug-likeness (QED) is 0.0244. The van der Waals surface area contributed by atoms with Crippen molar-refractivity contribution in [2.45, 2.75) is 204 Å². The van der Waals surface area contributed by atoms with Crippen LogP contribution in [0.2, 0.25) is 5.02 Å². The molecule has 0 spiro atoms. The van der Waals surface area contributed by atoms with Crippen LogP contribution in [-0.4, -0.2) is 206 Å². The van der Waals surface area contributed by atoms with Crippen molar-refractivity contribution in [2.24, 2.45) is 11.7 Å². The smallest absolute Gasteiger partial charge is 0.271 e. The molecule has 0 radical (unpaired) electrons. The van der Waals surface area contributed by atoms with Crippen LogP contribution in [0.4, 0.5) is 0 Å². The number of aliphatic hydroxyl groups excluding tert-OH is 1. The highest BCUT2D eigenvalue weighted by Gasteiger charge is 2.40. The average Bonchev–Trinajstić information content (AvgIpc) is 1.51. The molecule has 6 aromatic rings. The van der Waals surface area contributed by atoms with Crippen LogP contribution in [0.1, 0.15) is 156 Å². The lowest BCUT2D eigenvalue weighted by molar-refractivity contribution is -0.142. The average molecular weight is 1590 g/mol. The molecule has 33 heteroatoms. The largest absolute Gasteiger partial charge is 0.394 e. The van der Waals surface area contributed by atoms with Crippen molar-refractivity contribution in [1.82, 2.24) is 88.6 Å². The monoisotopic (exact) mass is 1590 g/mol. The molecular weight excluding hydrogens is 1480 g/mol. The molecular formula is C81H107ClN18O14. The molecule has 1 aliphatic heterocycles. The summed E-state index contributed by atoms with van der Waals surface area (Å²) in [6, 6.07) is 14.3. The summed E-state index contributed by atoms with van der Waals surface area (Å²) >= 11 is 6.27. The number of pyridine rings is 2. The molecule has 3 aromatic heterocycles. The molecule has 0 unspecified atom stereocenters. The maximum absolute atomic E-state index is 15.2. The highest BCUT2D eigenvalue weighted by atomic mass is 35.5. The molecule has 1 fully saturated rings. The SMILES string of the molecule is CC(=O)N[C@H](Cc1ccc2ccccc2c1)C(=O)N[C@H](Cc1ccc(Cl)cc1)C(=O)N[C@H](Cc1cccnc1)C(=O)N[C@@H](CO)C(=O)N[C@@H](CCCCNC(=O)c1cnccn1)C(=O)N[C@H](CCCCNC(=O)c1ccccn1)C(=O)N[C@@H](CC(C)C)C(=O)N[C@@H](CCCCNC(C)C)C(=O)N1CCC[C@H]1C(=O)N[C@H](C)C(N)=O. The van der Waals surface area contributed by atoms with E-state index >= 15 is 9.59 Å². The molecule has 15 N–H and O–H groups in total. The second-order valence-electron chi connectivity index (χ2n) is 29.0. The second kappa shape index (κ2) is 46.6. The lowest BCUT2D eigenvalue weighted by Crippen LogP contribution is -2.61. The Hall–Kier alpha value is -11.4. The van der Waals surface area contributed by atoms with Crippen molar-refractivity contribution in [2.75, 3.05) is 32.8 Å². The fourth-order valence-corrected chi connectivity index (χ4v) is 13.0. The van der Waals surface area contributed by atoms with Crippen molar-refractivity contribution < 1.29 is 67.4 Å². The Labute approximate surface area is 668 Å². The lowest BCUT2D eigenvalue weighted by atomic mass is 9.99. The Bertz CT molecular complexity index is 4210. The standard InChI is InChI=1S/C81H107ClN18O14/c1-49(2)41-63(75(108)95-62(25-12-13-34-86-50(3)4)81(114)100-40-18-26-69(100)80(113)91-51(5)70(83)103)96-74(107)61(24-10-15-36-89-71(104)59-22-9-14-35-87-59)93-73(106)60(23-11-16-37-90-72(105)67-47-85-38-39-88-67)94-79(112)68(48-101)99-78(111)66(45-55-19-17-33-84-46-55)98-77(110)65(43-53-28-31-58(82)32-29-53)97-76(109)64(92-52(6)102)44-54-27-30-56-20-7-8-21-57(56)42-54/h7-9,14,17,19-22,27-33,35,38-39,42,46-47,49-51,60-66,68-69,86,101H,10-13,15-16,18,23-26,34,36-37,40-41,43-45,48H2,1-6H3,(H2,83,103)(H,89,104)(H,90,105)(H,91,113)(H,92,102)(H,93,106)(H,94,112)(H,95,108)(H,96,107)(H,97,109)(H,98,110)(H,99,111)/t51-,60+,61-,62+,63+,64-,65-,66-,68+,69+/m1/s1. The van der Waals surface area contributed by atoms with Crippen LogP contribution in [0, 0.1) is 5.92 Å². The zero-order chi connectivity index (χ0) is 82.6. The van der Waals surface area contributed by atoms with Gasteiger partial charge in [-0.25, -0.2) is 4.98 Å². The number of benzene rings is 3. The first-order chi connectivity index (χ1) is 54.7. The summed E-state index contributed by atoms with van der Waals surface area (Å²) < 4.78 is 0. The van der Waals surface area contributed by atoms with Crippen molar-refractivity contribution in [3.8, 4) is 0 Å². The fraction of sp³-hybridized carbons (Fsp3) is 0.469. The first-order valence-electron chi connectivity index (χ1n) is 38.6.